The van der Waals surface area contributed by atoms with Gasteiger partial charge in [0.1, 0.15) is 5.75 Å². The summed E-state index contributed by atoms with van der Waals surface area (Å²) in [5.74, 6) is 2.59. The summed E-state index contributed by atoms with van der Waals surface area (Å²) < 4.78 is 10.7. The van der Waals surface area contributed by atoms with Crippen LogP contribution in [0.4, 0.5) is 0 Å². The summed E-state index contributed by atoms with van der Waals surface area (Å²) in [7, 11) is 3.38. The molecule has 154 valence electrons. The van der Waals surface area contributed by atoms with E-state index < -0.39 is 0 Å². The van der Waals surface area contributed by atoms with Crippen molar-refractivity contribution >= 4 is 41.5 Å². The molecule has 0 spiro atoms. The fourth-order valence-electron chi connectivity index (χ4n) is 2.64. The van der Waals surface area contributed by atoms with Gasteiger partial charge in [0.25, 0.3) is 0 Å². The number of rotatable bonds is 7. The Morgan fingerprint density at radius 2 is 2.00 bits per heavy atom. The lowest BCUT2D eigenvalue weighted by Crippen LogP contribution is -2.37. The van der Waals surface area contributed by atoms with Gasteiger partial charge in [-0.05, 0) is 18.2 Å². The van der Waals surface area contributed by atoms with E-state index in [1.165, 1.54) is 0 Å². The van der Waals surface area contributed by atoms with E-state index in [0.717, 1.165) is 16.9 Å². The molecule has 3 rings (SSSR count). The summed E-state index contributed by atoms with van der Waals surface area (Å²) in [4.78, 5) is 8.63. The average molecular weight is 528 g/mol. The van der Waals surface area contributed by atoms with Gasteiger partial charge in [-0.25, -0.2) is 0 Å². The summed E-state index contributed by atoms with van der Waals surface area (Å²) >= 11 is 6.00. The third-order valence-corrected chi connectivity index (χ3v) is 4.28. The fourth-order valence-corrected chi connectivity index (χ4v) is 2.83. The third kappa shape index (κ3) is 6.60. The smallest absolute Gasteiger partial charge is 0.228 e. The number of benzene rings is 2. The van der Waals surface area contributed by atoms with E-state index >= 15 is 0 Å². The summed E-state index contributed by atoms with van der Waals surface area (Å²) in [5.41, 5.74) is 1.88. The van der Waals surface area contributed by atoms with Gasteiger partial charge < -0.3 is 19.9 Å². The molecule has 2 N–H and O–H groups in total. The third-order valence-electron chi connectivity index (χ3n) is 4.04. The van der Waals surface area contributed by atoms with Crippen LogP contribution in [-0.2, 0) is 13.0 Å². The number of para-hydroxylation sites is 1. The molecule has 0 aliphatic rings. The van der Waals surface area contributed by atoms with Gasteiger partial charge >= 0.3 is 0 Å². The standard InChI is InChI=1S/C20H22ClN5O2.HI/c1-22-20(24-13-15-6-3-4-9-17(15)27-2)23-11-10-18-25-19(26-28-18)14-7-5-8-16(21)12-14;/h3-9,12H,10-11,13H2,1-2H3,(H2,22,23,24);1H. The number of ether oxygens (including phenoxy) is 1. The SMILES string of the molecule is CN=C(NCCc1nc(-c2cccc(Cl)c2)no1)NCc1ccccc1OC.I. The van der Waals surface area contributed by atoms with E-state index in [2.05, 4.69) is 25.8 Å². The lowest BCUT2D eigenvalue weighted by molar-refractivity contribution is 0.378. The van der Waals surface area contributed by atoms with Crippen LogP contribution in [0.2, 0.25) is 5.02 Å². The van der Waals surface area contributed by atoms with E-state index in [9.17, 15) is 0 Å². The number of nitrogens with zero attached hydrogens (tertiary/aromatic N) is 3. The molecule has 0 saturated heterocycles. The van der Waals surface area contributed by atoms with Crippen LogP contribution in [0.5, 0.6) is 5.75 Å². The highest BCUT2D eigenvalue weighted by atomic mass is 127. The van der Waals surface area contributed by atoms with Crippen LogP contribution in [-0.4, -0.2) is 36.8 Å². The molecule has 1 heterocycles. The van der Waals surface area contributed by atoms with Crippen LogP contribution >= 0.6 is 35.6 Å². The fraction of sp³-hybridized carbons (Fsp3) is 0.250. The van der Waals surface area contributed by atoms with E-state index in [0.29, 0.717) is 42.2 Å². The summed E-state index contributed by atoms with van der Waals surface area (Å²) in [6, 6.07) is 15.2. The van der Waals surface area contributed by atoms with Crippen LogP contribution < -0.4 is 15.4 Å². The van der Waals surface area contributed by atoms with Gasteiger partial charge in [-0.15, -0.1) is 24.0 Å². The number of aromatic nitrogens is 2. The van der Waals surface area contributed by atoms with Crippen LogP contribution in [0.1, 0.15) is 11.5 Å². The molecule has 0 bridgehead atoms. The van der Waals surface area contributed by atoms with E-state index in [1.807, 2.05) is 36.4 Å². The van der Waals surface area contributed by atoms with Gasteiger partial charge in [-0.3, -0.25) is 4.99 Å². The topological polar surface area (TPSA) is 84.6 Å². The Bertz CT molecular complexity index is 948. The van der Waals surface area contributed by atoms with Crippen molar-refractivity contribution in [1.82, 2.24) is 20.8 Å². The predicted octanol–water partition coefficient (Wildman–Crippen LogP) is 3.92. The molecule has 0 amide bonds. The minimum absolute atomic E-state index is 0. The van der Waals surface area contributed by atoms with Crippen molar-refractivity contribution in [3.63, 3.8) is 0 Å². The average Bonchev–Trinajstić information content (AvgIpc) is 3.19. The Morgan fingerprint density at radius 1 is 1.17 bits per heavy atom. The van der Waals surface area contributed by atoms with Gasteiger partial charge in [-0.2, -0.15) is 4.98 Å². The van der Waals surface area contributed by atoms with Crippen LogP contribution in [0.3, 0.4) is 0 Å². The molecule has 2 aromatic carbocycles. The number of guanidine groups is 1. The molecule has 0 saturated carbocycles. The molecule has 29 heavy (non-hydrogen) atoms. The van der Waals surface area contributed by atoms with Crippen LogP contribution in [0, 0.1) is 0 Å². The molecule has 1 aromatic heterocycles. The predicted molar refractivity (Wildman–Crippen MR) is 125 cm³/mol. The number of aliphatic imine (C=N–C) groups is 1. The van der Waals surface area contributed by atoms with Crippen molar-refractivity contribution in [3.8, 4) is 17.1 Å². The number of methoxy groups -OCH3 is 1. The molecule has 7 nitrogen and oxygen atoms in total. The second-order valence-corrected chi connectivity index (χ2v) is 6.37. The number of hydrogen-bond acceptors (Lipinski definition) is 5. The van der Waals surface area contributed by atoms with Gasteiger partial charge in [0.05, 0.1) is 7.11 Å². The molecule has 0 atom stereocenters. The minimum Gasteiger partial charge on any atom is -0.496 e. The van der Waals surface area contributed by atoms with Gasteiger partial charge in [-0.1, -0.05) is 47.1 Å². The minimum atomic E-state index is 0. The van der Waals surface area contributed by atoms with Gasteiger partial charge in [0.15, 0.2) is 5.96 Å². The maximum absolute atomic E-state index is 6.00. The Labute approximate surface area is 191 Å². The first-order chi connectivity index (χ1) is 13.7. The van der Waals surface area contributed by atoms with Crippen molar-refractivity contribution in [2.45, 2.75) is 13.0 Å². The van der Waals surface area contributed by atoms with Gasteiger partial charge in [0.2, 0.25) is 11.7 Å². The summed E-state index contributed by atoms with van der Waals surface area (Å²) in [6.45, 7) is 1.20. The Morgan fingerprint density at radius 3 is 2.76 bits per heavy atom. The molecule has 0 radical (unpaired) electrons. The first-order valence-electron chi connectivity index (χ1n) is 8.84. The first-order valence-corrected chi connectivity index (χ1v) is 9.22. The summed E-state index contributed by atoms with van der Waals surface area (Å²) in [6.07, 6.45) is 0.572. The number of nitrogens with one attached hydrogen (secondary N) is 2. The number of hydrogen-bond donors (Lipinski definition) is 2. The van der Waals surface area contributed by atoms with Gasteiger partial charge in [0, 0.05) is 42.7 Å². The molecule has 0 fully saturated rings. The molecule has 0 aliphatic heterocycles. The van der Waals surface area contributed by atoms with Crippen molar-refractivity contribution < 1.29 is 9.26 Å². The first kappa shape index (κ1) is 23.0. The second-order valence-electron chi connectivity index (χ2n) is 5.94. The van der Waals surface area contributed by atoms with Crippen molar-refractivity contribution in [3.05, 3.63) is 65.0 Å². The zero-order valence-corrected chi connectivity index (χ0v) is 19.3. The molecule has 3 aromatic rings. The maximum Gasteiger partial charge on any atom is 0.228 e. The normalized spacial score (nSPS) is 10.9. The quantitative estimate of drug-likeness (QED) is 0.275. The largest absolute Gasteiger partial charge is 0.496 e. The highest BCUT2D eigenvalue weighted by Crippen LogP contribution is 2.20. The molecular formula is C20H23ClIN5O2. The molecular weight excluding hydrogens is 505 g/mol. The van der Waals surface area contributed by atoms with E-state index in [1.54, 1.807) is 26.3 Å². The lowest BCUT2D eigenvalue weighted by atomic mass is 10.2. The van der Waals surface area contributed by atoms with Crippen molar-refractivity contribution in [2.75, 3.05) is 20.7 Å². The molecule has 9 heteroatoms. The lowest BCUT2D eigenvalue weighted by Gasteiger charge is -2.13. The zero-order valence-electron chi connectivity index (χ0n) is 16.2. The van der Waals surface area contributed by atoms with Crippen molar-refractivity contribution in [1.29, 1.82) is 0 Å². The Balaban J connectivity index is 0.00000300. The highest BCUT2D eigenvalue weighted by molar-refractivity contribution is 14.0. The zero-order chi connectivity index (χ0) is 19.8. The van der Waals surface area contributed by atoms with Crippen LogP contribution in [0.25, 0.3) is 11.4 Å². The number of halogens is 2. The van der Waals surface area contributed by atoms with Crippen LogP contribution in [0.15, 0.2) is 58.0 Å². The molecule has 0 aliphatic carbocycles. The Kier molecular flexibility index (Phi) is 9.20. The van der Waals surface area contributed by atoms with Crippen molar-refractivity contribution in [2.24, 2.45) is 4.99 Å². The molecule has 0 unspecified atom stereocenters. The Hall–Kier alpha value is -2.33. The maximum atomic E-state index is 6.00. The highest BCUT2D eigenvalue weighted by Gasteiger charge is 2.09. The van der Waals surface area contributed by atoms with E-state index in [-0.39, 0.29) is 24.0 Å². The second kappa shape index (κ2) is 11.6. The summed E-state index contributed by atoms with van der Waals surface area (Å²) in [5, 5.41) is 11.1. The monoisotopic (exact) mass is 527 g/mol. The van der Waals surface area contributed by atoms with E-state index in [4.69, 9.17) is 20.9 Å².